The number of carboxylic acids is 1. The van der Waals surface area contributed by atoms with Gasteiger partial charge in [-0.2, -0.15) is 0 Å². The van der Waals surface area contributed by atoms with Gasteiger partial charge in [0.2, 0.25) is 0 Å². The lowest BCUT2D eigenvalue weighted by molar-refractivity contribution is -0.136. The molecule has 0 unspecified atom stereocenters. The molecule has 0 aromatic heterocycles. The Labute approximate surface area is 120 Å². The van der Waals surface area contributed by atoms with Crippen molar-refractivity contribution >= 4 is 27.6 Å². The highest BCUT2D eigenvalue weighted by Crippen LogP contribution is 2.15. The van der Waals surface area contributed by atoms with Crippen molar-refractivity contribution in [3.63, 3.8) is 0 Å². The summed E-state index contributed by atoms with van der Waals surface area (Å²) < 4.78 is 1.05. The van der Waals surface area contributed by atoms with Gasteiger partial charge in [0, 0.05) is 16.7 Å². The Kier molecular flexibility index (Phi) is 4.58. The molecule has 0 bridgehead atoms. The number of nitrogens with one attached hydrogen (secondary N) is 1. The first-order valence-corrected chi connectivity index (χ1v) is 6.72. The normalized spacial score (nSPS) is 10.2. The van der Waals surface area contributed by atoms with Crippen LogP contribution in [-0.2, 0) is 17.8 Å². The van der Waals surface area contributed by atoms with Gasteiger partial charge < -0.3 is 10.4 Å². The standard InChI is InChI=1S/C15H14BrNO2/c16-13-5-7-14(8-6-13)17-10-12-3-1-11(2-4-12)9-15(18)19/h1-8,17H,9-10H2,(H,18,19). The zero-order chi connectivity index (χ0) is 13.7. The Morgan fingerprint density at radius 1 is 1.00 bits per heavy atom. The van der Waals surface area contributed by atoms with Gasteiger partial charge in [-0.05, 0) is 35.4 Å². The first-order valence-electron chi connectivity index (χ1n) is 5.92. The maximum atomic E-state index is 10.6. The summed E-state index contributed by atoms with van der Waals surface area (Å²) >= 11 is 3.39. The molecule has 0 saturated carbocycles. The molecule has 4 heteroatoms. The van der Waals surface area contributed by atoms with Crippen molar-refractivity contribution in [1.82, 2.24) is 0 Å². The predicted molar refractivity (Wildman–Crippen MR) is 79.3 cm³/mol. The highest BCUT2D eigenvalue weighted by atomic mass is 79.9. The molecule has 0 aliphatic rings. The van der Waals surface area contributed by atoms with E-state index >= 15 is 0 Å². The van der Waals surface area contributed by atoms with Gasteiger partial charge in [-0.25, -0.2) is 0 Å². The van der Waals surface area contributed by atoms with Crippen molar-refractivity contribution in [3.8, 4) is 0 Å². The van der Waals surface area contributed by atoms with Crippen molar-refractivity contribution in [2.24, 2.45) is 0 Å². The zero-order valence-electron chi connectivity index (χ0n) is 10.3. The summed E-state index contributed by atoms with van der Waals surface area (Å²) in [6.07, 6.45) is 0.0699. The number of carboxylic acid groups (broad SMARTS) is 1. The van der Waals surface area contributed by atoms with Gasteiger partial charge in [0.1, 0.15) is 0 Å². The quantitative estimate of drug-likeness (QED) is 0.883. The molecule has 98 valence electrons. The summed E-state index contributed by atoms with van der Waals surface area (Å²) in [5.41, 5.74) is 3.00. The number of benzene rings is 2. The lowest BCUT2D eigenvalue weighted by Gasteiger charge is -2.07. The molecule has 0 radical (unpaired) electrons. The molecule has 0 aliphatic heterocycles. The summed E-state index contributed by atoms with van der Waals surface area (Å²) in [5, 5.41) is 12.0. The number of carbonyl (C=O) groups is 1. The Morgan fingerprint density at radius 2 is 1.58 bits per heavy atom. The maximum absolute atomic E-state index is 10.6. The van der Waals surface area contributed by atoms with Crippen LogP contribution in [0.5, 0.6) is 0 Å². The molecule has 0 heterocycles. The van der Waals surface area contributed by atoms with Crippen molar-refractivity contribution in [1.29, 1.82) is 0 Å². The second-order valence-electron chi connectivity index (χ2n) is 4.25. The number of rotatable bonds is 5. The lowest BCUT2D eigenvalue weighted by atomic mass is 10.1. The van der Waals surface area contributed by atoms with E-state index in [2.05, 4.69) is 21.2 Å². The maximum Gasteiger partial charge on any atom is 0.307 e. The third-order valence-corrected chi connectivity index (χ3v) is 3.25. The molecule has 0 saturated heterocycles. The molecule has 2 N–H and O–H groups in total. The molecule has 0 amide bonds. The lowest BCUT2D eigenvalue weighted by Crippen LogP contribution is -2.02. The summed E-state index contributed by atoms with van der Waals surface area (Å²) in [4.78, 5) is 10.6. The fourth-order valence-electron chi connectivity index (χ4n) is 1.72. The van der Waals surface area contributed by atoms with E-state index in [1.807, 2.05) is 48.5 Å². The Hall–Kier alpha value is -1.81. The van der Waals surface area contributed by atoms with Crippen molar-refractivity contribution in [2.45, 2.75) is 13.0 Å². The number of hydrogen-bond donors (Lipinski definition) is 2. The monoisotopic (exact) mass is 319 g/mol. The van der Waals surface area contributed by atoms with E-state index in [0.29, 0.717) is 0 Å². The van der Waals surface area contributed by atoms with Gasteiger partial charge in [0.05, 0.1) is 6.42 Å². The molecule has 2 aromatic rings. The number of halogens is 1. The summed E-state index contributed by atoms with van der Waals surface area (Å²) in [7, 11) is 0. The minimum Gasteiger partial charge on any atom is -0.481 e. The van der Waals surface area contributed by atoms with Crippen LogP contribution in [0.15, 0.2) is 53.0 Å². The highest BCUT2D eigenvalue weighted by molar-refractivity contribution is 9.10. The average Bonchev–Trinajstić information content (AvgIpc) is 2.39. The molecule has 0 aliphatic carbocycles. The van der Waals surface area contributed by atoms with Crippen molar-refractivity contribution in [2.75, 3.05) is 5.32 Å². The predicted octanol–water partition coefficient (Wildman–Crippen LogP) is 3.69. The summed E-state index contributed by atoms with van der Waals surface area (Å²) in [6, 6.07) is 15.6. The number of aliphatic carboxylic acids is 1. The van der Waals surface area contributed by atoms with Crippen LogP contribution in [0.3, 0.4) is 0 Å². The Bertz CT molecular complexity index is 549. The second-order valence-corrected chi connectivity index (χ2v) is 5.16. The molecular formula is C15H14BrNO2. The SMILES string of the molecule is O=C(O)Cc1ccc(CNc2ccc(Br)cc2)cc1. The van der Waals surface area contributed by atoms with E-state index in [0.717, 1.165) is 27.8 Å². The van der Waals surface area contributed by atoms with E-state index < -0.39 is 5.97 Å². The Morgan fingerprint density at radius 3 is 2.16 bits per heavy atom. The minimum absolute atomic E-state index is 0.0699. The third kappa shape index (κ3) is 4.41. The van der Waals surface area contributed by atoms with Crippen LogP contribution >= 0.6 is 15.9 Å². The van der Waals surface area contributed by atoms with E-state index in [-0.39, 0.29) is 6.42 Å². The van der Waals surface area contributed by atoms with Gasteiger partial charge in [-0.15, -0.1) is 0 Å². The topological polar surface area (TPSA) is 49.3 Å². The Balaban J connectivity index is 1.92. The van der Waals surface area contributed by atoms with Crippen LogP contribution in [-0.4, -0.2) is 11.1 Å². The first kappa shape index (κ1) is 13.6. The molecule has 0 spiro atoms. The smallest absolute Gasteiger partial charge is 0.307 e. The van der Waals surface area contributed by atoms with Gasteiger partial charge in [0.15, 0.2) is 0 Å². The van der Waals surface area contributed by atoms with E-state index in [1.165, 1.54) is 0 Å². The molecule has 0 atom stereocenters. The van der Waals surface area contributed by atoms with Crippen LogP contribution in [0.25, 0.3) is 0 Å². The van der Waals surface area contributed by atoms with Gasteiger partial charge >= 0.3 is 5.97 Å². The first-order chi connectivity index (χ1) is 9.13. The second kappa shape index (κ2) is 6.38. The molecular weight excluding hydrogens is 306 g/mol. The van der Waals surface area contributed by atoms with E-state index in [1.54, 1.807) is 0 Å². The van der Waals surface area contributed by atoms with Crippen LogP contribution in [0.2, 0.25) is 0 Å². The van der Waals surface area contributed by atoms with Crippen LogP contribution in [0, 0.1) is 0 Å². The zero-order valence-corrected chi connectivity index (χ0v) is 11.9. The summed E-state index contributed by atoms with van der Waals surface area (Å²) in [5.74, 6) is -0.805. The fraction of sp³-hybridized carbons (Fsp3) is 0.133. The molecule has 0 fully saturated rings. The number of hydrogen-bond acceptors (Lipinski definition) is 2. The fourth-order valence-corrected chi connectivity index (χ4v) is 1.99. The van der Waals surface area contributed by atoms with Crippen LogP contribution in [0.1, 0.15) is 11.1 Å². The minimum atomic E-state index is -0.805. The average molecular weight is 320 g/mol. The van der Waals surface area contributed by atoms with Gasteiger partial charge in [-0.3, -0.25) is 4.79 Å². The molecule has 3 nitrogen and oxygen atoms in total. The van der Waals surface area contributed by atoms with Crippen LogP contribution < -0.4 is 5.32 Å². The number of anilines is 1. The van der Waals surface area contributed by atoms with Gasteiger partial charge in [0.25, 0.3) is 0 Å². The van der Waals surface area contributed by atoms with Crippen molar-refractivity contribution in [3.05, 3.63) is 64.1 Å². The van der Waals surface area contributed by atoms with Gasteiger partial charge in [-0.1, -0.05) is 40.2 Å². The summed E-state index contributed by atoms with van der Waals surface area (Å²) in [6.45, 7) is 0.717. The van der Waals surface area contributed by atoms with Crippen molar-refractivity contribution < 1.29 is 9.90 Å². The molecule has 2 rings (SSSR count). The largest absolute Gasteiger partial charge is 0.481 e. The van der Waals surface area contributed by atoms with E-state index in [4.69, 9.17) is 5.11 Å². The molecule has 2 aromatic carbocycles. The van der Waals surface area contributed by atoms with Crippen LogP contribution in [0.4, 0.5) is 5.69 Å². The van der Waals surface area contributed by atoms with E-state index in [9.17, 15) is 4.79 Å². The highest BCUT2D eigenvalue weighted by Gasteiger charge is 2.00. The molecule has 19 heavy (non-hydrogen) atoms. The third-order valence-electron chi connectivity index (χ3n) is 2.72.